The number of nitrogens with one attached hydrogen (secondary N) is 1. The first-order valence-electron chi connectivity index (χ1n) is 6.24. The van der Waals surface area contributed by atoms with Crippen LogP contribution in [-0.2, 0) is 4.79 Å². The highest BCUT2D eigenvalue weighted by Gasteiger charge is 2.38. The maximum atomic E-state index is 11.9. The Labute approximate surface area is 102 Å². The van der Waals surface area contributed by atoms with Crippen molar-refractivity contribution < 1.29 is 14.7 Å². The van der Waals surface area contributed by atoms with Gasteiger partial charge < -0.3 is 15.3 Å². The van der Waals surface area contributed by atoms with Crippen LogP contribution < -0.4 is 5.32 Å². The summed E-state index contributed by atoms with van der Waals surface area (Å²) in [6, 6.07) is -0.113. The van der Waals surface area contributed by atoms with Crippen molar-refractivity contribution in [2.45, 2.75) is 52.1 Å². The maximum Gasteiger partial charge on any atom is 0.323 e. The van der Waals surface area contributed by atoms with E-state index < -0.39 is 5.97 Å². The molecule has 5 nitrogen and oxygen atoms in total. The predicted molar refractivity (Wildman–Crippen MR) is 64.8 cm³/mol. The predicted octanol–water partition coefficient (Wildman–Crippen LogP) is 1.68. The number of carboxylic acid groups (broad SMARTS) is 1. The molecule has 2 amide bonds. The molecule has 2 unspecified atom stereocenters. The van der Waals surface area contributed by atoms with E-state index >= 15 is 0 Å². The second-order valence-corrected chi connectivity index (χ2v) is 4.96. The Balaban J connectivity index is 2.41. The van der Waals surface area contributed by atoms with Gasteiger partial charge in [0.05, 0.1) is 0 Å². The summed E-state index contributed by atoms with van der Waals surface area (Å²) in [5, 5.41) is 11.6. The van der Waals surface area contributed by atoms with Crippen LogP contribution >= 0.6 is 0 Å². The highest BCUT2D eigenvalue weighted by Crippen LogP contribution is 2.34. The molecule has 0 bridgehead atoms. The lowest BCUT2D eigenvalue weighted by molar-refractivity contribution is -0.138. The average molecular weight is 242 g/mol. The maximum absolute atomic E-state index is 11.9. The van der Waals surface area contributed by atoms with Gasteiger partial charge in [-0.05, 0) is 32.6 Å². The van der Waals surface area contributed by atoms with Crippen molar-refractivity contribution in [3.05, 3.63) is 0 Å². The summed E-state index contributed by atoms with van der Waals surface area (Å²) in [5.41, 5.74) is 0. The zero-order chi connectivity index (χ0) is 13.0. The fourth-order valence-electron chi connectivity index (χ4n) is 1.99. The molecule has 98 valence electrons. The summed E-state index contributed by atoms with van der Waals surface area (Å²) in [6.45, 7) is 5.52. The molecule has 1 rings (SSSR count). The molecule has 0 aromatic heterocycles. The minimum absolute atomic E-state index is 0.102. The molecule has 2 N–H and O–H groups in total. The van der Waals surface area contributed by atoms with Crippen LogP contribution in [0.5, 0.6) is 0 Å². The fraction of sp³-hybridized carbons (Fsp3) is 0.833. The number of aliphatic carboxylic acids is 1. The first kappa shape index (κ1) is 13.8. The fourth-order valence-corrected chi connectivity index (χ4v) is 1.99. The highest BCUT2D eigenvalue weighted by molar-refractivity contribution is 5.80. The van der Waals surface area contributed by atoms with E-state index in [1.165, 1.54) is 4.90 Å². The smallest absolute Gasteiger partial charge is 0.323 e. The van der Waals surface area contributed by atoms with E-state index in [1.807, 2.05) is 13.8 Å². The van der Waals surface area contributed by atoms with E-state index in [1.54, 1.807) is 0 Å². The molecule has 1 aliphatic rings. The number of carbonyl (C=O) groups excluding carboxylic acids is 1. The standard InChI is InChI=1S/C12H22N2O3/c1-4-5-9-6-10(9)13-12(17)14(8(2)3)7-11(15)16/h8-10H,4-7H2,1-3H3,(H,13,17)(H,15,16). The number of nitrogens with zero attached hydrogens (tertiary/aromatic N) is 1. The van der Waals surface area contributed by atoms with Gasteiger partial charge >= 0.3 is 12.0 Å². The Morgan fingerprint density at radius 1 is 1.47 bits per heavy atom. The quantitative estimate of drug-likeness (QED) is 0.744. The van der Waals surface area contributed by atoms with Crippen LogP contribution in [0.1, 0.15) is 40.0 Å². The van der Waals surface area contributed by atoms with Gasteiger partial charge in [0.2, 0.25) is 0 Å². The minimum atomic E-state index is -0.977. The average Bonchev–Trinajstić information content (AvgIpc) is 2.92. The second-order valence-electron chi connectivity index (χ2n) is 4.96. The number of hydrogen-bond donors (Lipinski definition) is 2. The van der Waals surface area contributed by atoms with Gasteiger partial charge in [-0.15, -0.1) is 0 Å². The van der Waals surface area contributed by atoms with Gasteiger partial charge in [0.15, 0.2) is 0 Å². The number of carbonyl (C=O) groups is 2. The molecule has 17 heavy (non-hydrogen) atoms. The molecule has 0 heterocycles. The first-order valence-corrected chi connectivity index (χ1v) is 6.24. The summed E-state index contributed by atoms with van der Waals surface area (Å²) in [6.07, 6.45) is 3.28. The van der Waals surface area contributed by atoms with E-state index in [4.69, 9.17) is 5.11 Å². The van der Waals surface area contributed by atoms with Gasteiger partial charge in [-0.2, -0.15) is 0 Å². The van der Waals surface area contributed by atoms with Gasteiger partial charge in [-0.25, -0.2) is 4.79 Å². The monoisotopic (exact) mass is 242 g/mol. The van der Waals surface area contributed by atoms with Crippen LogP contribution in [0, 0.1) is 5.92 Å². The molecule has 0 aromatic carbocycles. The second kappa shape index (κ2) is 5.89. The highest BCUT2D eigenvalue weighted by atomic mass is 16.4. The van der Waals surface area contributed by atoms with Crippen molar-refractivity contribution >= 4 is 12.0 Å². The lowest BCUT2D eigenvalue weighted by atomic mass is 10.2. The van der Waals surface area contributed by atoms with E-state index in [9.17, 15) is 9.59 Å². The molecular weight excluding hydrogens is 220 g/mol. The van der Waals surface area contributed by atoms with E-state index in [2.05, 4.69) is 12.2 Å². The summed E-state index contributed by atoms with van der Waals surface area (Å²) in [4.78, 5) is 23.9. The van der Waals surface area contributed by atoms with Gasteiger partial charge in [-0.3, -0.25) is 4.79 Å². The van der Waals surface area contributed by atoms with E-state index in [0.717, 1.165) is 19.3 Å². The molecule has 0 aromatic rings. The topological polar surface area (TPSA) is 69.6 Å². The van der Waals surface area contributed by atoms with E-state index in [-0.39, 0.29) is 24.7 Å². The minimum Gasteiger partial charge on any atom is -0.480 e. The Morgan fingerprint density at radius 3 is 2.59 bits per heavy atom. The molecule has 5 heteroatoms. The molecule has 1 saturated carbocycles. The number of rotatable bonds is 6. The molecule has 0 saturated heterocycles. The van der Waals surface area contributed by atoms with Crippen molar-refractivity contribution in [3.63, 3.8) is 0 Å². The summed E-state index contributed by atoms with van der Waals surface area (Å²) in [5.74, 6) is -0.391. The van der Waals surface area contributed by atoms with Crippen molar-refractivity contribution in [1.29, 1.82) is 0 Å². The van der Waals surface area contributed by atoms with Crippen molar-refractivity contribution in [3.8, 4) is 0 Å². The van der Waals surface area contributed by atoms with Gasteiger partial charge in [0.1, 0.15) is 6.54 Å². The molecule has 1 aliphatic carbocycles. The molecule has 0 radical (unpaired) electrons. The SMILES string of the molecule is CCCC1CC1NC(=O)N(CC(=O)O)C(C)C. The molecule has 0 aliphatic heterocycles. The lowest BCUT2D eigenvalue weighted by Gasteiger charge is -2.25. The normalized spacial score (nSPS) is 22.4. The van der Waals surface area contributed by atoms with Crippen LogP contribution in [0.4, 0.5) is 4.79 Å². The molecule has 1 fully saturated rings. The largest absolute Gasteiger partial charge is 0.480 e. The lowest BCUT2D eigenvalue weighted by Crippen LogP contribution is -2.47. The van der Waals surface area contributed by atoms with E-state index in [0.29, 0.717) is 5.92 Å². The van der Waals surface area contributed by atoms with Gasteiger partial charge in [-0.1, -0.05) is 13.3 Å². The Bertz CT molecular complexity index is 291. The Morgan fingerprint density at radius 2 is 2.12 bits per heavy atom. The first-order chi connectivity index (χ1) is 7.95. The number of amides is 2. The van der Waals surface area contributed by atoms with Crippen LogP contribution in [0.25, 0.3) is 0 Å². The van der Waals surface area contributed by atoms with Crippen LogP contribution in [-0.4, -0.2) is 40.6 Å². The van der Waals surface area contributed by atoms with Crippen LogP contribution in [0.15, 0.2) is 0 Å². The number of urea groups is 1. The Hall–Kier alpha value is -1.26. The third-order valence-electron chi connectivity index (χ3n) is 3.08. The number of carboxylic acids is 1. The van der Waals surface area contributed by atoms with Crippen molar-refractivity contribution in [2.24, 2.45) is 5.92 Å². The zero-order valence-corrected chi connectivity index (χ0v) is 10.8. The molecular formula is C12H22N2O3. The van der Waals surface area contributed by atoms with Crippen LogP contribution in [0.2, 0.25) is 0 Å². The summed E-state index contributed by atoms with van der Waals surface area (Å²) >= 11 is 0. The third-order valence-corrected chi connectivity index (χ3v) is 3.08. The molecule has 2 atom stereocenters. The van der Waals surface area contributed by atoms with Crippen LogP contribution in [0.3, 0.4) is 0 Å². The molecule has 0 spiro atoms. The summed E-state index contributed by atoms with van der Waals surface area (Å²) < 4.78 is 0. The summed E-state index contributed by atoms with van der Waals surface area (Å²) in [7, 11) is 0. The Kier molecular flexibility index (Phi) is 4.78. The van der Waals surface area contributed by atoms with Crippen molar-refractivity contribution in [1.82, 2.24) is 10.2 Å². The van der Waals surface area contributed by atoms with Gasteiger partial charge in [0, 0.05) is 12.1 Å². The zero-order valence-electron chi connectivity index (χ0n) is 10.8. The van der Waals surface area contributed by atoms with Gasteiger partial charge in [0.25, 0.3) is 0 Å². The third kappa shape index (κ3) is 4.24. The number of hydrogen-bond acceptors (Lipinski definition) is 2. The van der Waals surface area contributed by atoms with Crippen molar-refractivity contribution in [2.75, 3.05) is 6.54 Å².